The molecule has 0 aliphatic rings. The van der Waals surface area contributed by atoms with Crippen molar-refractivity contribution >= 4 is 27.5 Å². The number of ether oxygens (including phenoxy) is 2. The third-order valence-corrected chi connectivity index (χ3v) is 4.40. The molecular weight excluding hydrogens is 338 g/mol. The van der Waals surface area contributed by atoms with Crippen LogP contribution in [-0.2, 0) is 22.6 Å². The maximum Gasteiger partial charge on any atom is 0.136 e. The first-order chi connectivity index (χ1) is 12.6. The summed E-state index contributed by atoms with van der Waals surface area (Å²) < 4.78 is 14.2. The van der Waals surface area contributed by atoms with Crippen LogP contribution in [0.25, 0.3) is 21.8 Å². The predicted octanol–water partition coefficient (Wildman–Crippen LogP) is 4.90. The first-order valence-corrected chi connectivity index (χ1v) is 9.55. The highest BCUT2D eigenvalue weighted by atomic mass is 16.5. The summed E-state index contributed by atoms with van der Waals surface area (Å²) in [5.74, 6) is 0.875. The Balaban J connectivity index is 2.21. The Bertz CT molecular complexity index is 951. The quantitative estimate of drug-likeness (QED) is 0.628. The van der Waals surface area contributed by atoms with E-state index in [1.807, 2.05) is 25.1 Å². The van der Waals surface area contributed by atoms with E-state index >= 15 is 0 Å². The average molecular weight is 370 g/mol. The van der Waals surface area contributed by atoms with Gasteiger partial charge >= 0.3 is 0 Å². The molecule has 2 N–H and O–H groups in total. The molecule has 0 saturated heterocycles. The maximum atomic E-state index is 6.35. The standard InChI is InChI=1S/C22H31N3O2/c1-7-26-13-18-24-19-17(23)12-15-10-8-9-11-16(15)20(19)25(18)14-22(5,6)27-21(2,3)4/h8-12H,7,13-14,23H2,1-6H3. The van der Waals surface area contributed by atoms with Crippen LogP contribution in [0.2, 0.25) is 0 Å². The van der Waals surface area contributed by atoms with Gasteiger partial charge in [-0.15, -0.1) is 0 Å². The van der Waals surface area contributed by atoms with E-state index in [9.17, 15) is 0 Å². The zero-order chi connectivity index (χ0) is 19.8. The number of nitrogens with zero attached hydrogens (tertiary/aromatic N) is 2. The van der Waals surface area contributed by atoms with Gasteiger partial charge in [0, 0.05) is 12.0 Å². The van der Waals surface area contributed by atoms with Gasteiger partial charge in [0.2, 0.25) is 0 Å². The molecule has 1 aromatic heterocycles. The van der Waals surface area contributed by atoms with Crippen molar-refractivity contribution in [1.29, 1.82) is 0 Å². The molecule has 2 aromatic carbocycles. The lowest BCUT2D eigenvalue weighted by Gasteiger charge is -2.34. The van der Waals surface area contributed by atoms with Gasteiger partial charge in [0.05, 0.1) is 29.0 Å². The number of nitrogens with two attached hydrogens (primary N) is 1. The Morgan fingerprint density at radius 2 is 1.81 bits per heavy atom. The number of nitrogen functional groups attached to an aromatic ring is 1. The topological polar surface area (TPSA) is 62.3 Å². The Morgan fingerprint density at radius 1 is 1.11 bits per heavy atom. The van der Waals surface area contributed by atoms with E-state index < -0.39 is 0 Å². The lowest BCUT2D eigenvalue weighted by molar-refractivity contribution is -0.119. The number of imidazole rings is 1. The summed E-state index contributed by atoms with van der Waals surface area (Å²) in [5, 5.41) is 2.25. The molecule has 5 nitrogen and oxygen atoms in total. The SMILES string of the molecule is CCOCc1nc2c(N)cc3ccccc3c2n1CC(C)(C)OC(C)(C)C. The summed E-state index contributed by atoms with van der Waals surface area (Å²) in [6.07, 6.45) is 0. The van der Waals surface area contributed by atoms with Crippen LogP contribution in [0.5, 0.6) is 0 Å². The summed E-state index contributed by atoms with van der Waals surface area (Å²) >= 11 is 0. The molecule has 3 aromatic rings. The second-order valence-corrected chi connectivity index (χ2v) is 8.61. The number of benzene rings is 2. The fraction of sp³-hybridized carbons (Fsp3) is 0.500. The fourth-order valence-corrected chi connectivity index (χ4v) is 3.76. The number of hydrogen-bond donors (Lipinski definition) is 1. The van der Waals surface area contributed by atoms with Crippen LogP contribution < -0.4 is 5.73 Å². The average Bonchev–Trinajstić information content (AvgIpc) is 2.89. The third-order valence-electron chi connectivity index (χ3n) is 4.40. The minimum atomic E-state index is -0.376. The summed E-state index contributed by atoms with van der Waals surface area (Å²) in [6.45, 7) is 14.2. The minimum absolute atomic E-state index is 0.235. The van der Waals surface area contributed by atoms with E-state index in [1.54, 1.807) is 0 Å². The number of anilines is 1. The van der Waals surface area contributed by atoms with Gasteiger partial charge in [-0.1, -0.05) is 24.3 Å². The van der Waals surface area contributed by atoms with E-state index in [2.05, 4.69) is 51.3 Å². The second-order valence-electron chi connectivity index (χ2n) is 8.61. The van der Waals surface area contributed by atoms with Crippen LogP contribution in [0.4, 0.5) is 5.69 Å². The monoisotopic (exact) mass is 369 g/mol. The van der Waals surface area contributed by atoms with Crippen LogP contribution in [-0.4, -0.2) is 27.4 Å². The molecule has 146 valence electrons. The zero-order valence-electron chi connectivity index (χ0n) is 17.3. The van der Waals surface area contributed by atoms with Gasteiger partial charge in [0.1, 0.15) is 17.9 Å². The highest BCUT2D eigenvalue weighted by Gasteiger charge is 2.29. The molecule has 0 atom stereocenters. The molecule has 0 aliphatic carbocycles. The van der Waals surface area contributed by atoms with Gasteiger partial charge < -0.3 is 19.8 Å². The van der Waals surface area contributed by atoms with Crippen molar-refractivity contribution in [2.75, 3.05) is 12.3 Å². The summed E-state index contributed by atoms with van der Waals surface area (Å²) in [4.78, 5) is 4.84. The number of hydrogen-bond acceptors (Lipinski definition) is 4. The van der Waals surface area contributed by atoms with Crippen molar-refractivity contribution < 1.29 is 9.47 Å². The number of fused-ring (bicyclic) bond motifs is 3. The Kier molecular flexibility index (Phi) is 5.19. The Labute approximate surface area is 161 Å². The summed E-state index contributed by atoms with van der Waals surface area (Å²) in [7, 11) is 0. The van der Waals surface area contributed by atoms with Crippen molar-refractivity contribution in [2.24, 2.45) is 0 Å². The zero-order valence-corrected chi connectivity index (χ0v) is 17.3. The molecule has 0 saturated carbocycles. The van der Waals surface area contributed by atoms with Crippen molar-refractivity contribution in [3.63, 3.8) is 0 Å². The number of aromatic nitrogens is 2. The smallest absolute Gasteiger partial charge is 0.136 e. The van der Waals surface area contributed by atoms with Crippen LogP contribution in [0.1, 0.15) is 47.4 Å². The molecule has 0 bridgehead atoms. The highest BCUT2D eigenvalue weighted by molar-refractivity contribution is 6.09. The molecule has 3 rings (SSSR count). The van der Waals surface area contributed by atoms with Gasteiger partial charge in [-0.3, -0.25) is 0 Å². The van der Waals surface area contributed by atoms with Crippen molar-refractivity contribution in [1.82, 2.24) is 9.55 Å². The number of rotatable bonds is 6. The van der Waals surface area contributed by atoms with Crippen molar-refractivity contribution in [2.45, 2.75) is 65.9 Å². The largest absolute Gasteiger partial charge is 0.397 e. The fourth-order valence-electron chi connectivity index (χ4n) is 3.76. The predicted molar refractivity (Wildman–Crippen MR) is 112 cm³/mol. The molecule has 0 aliphatic heterocycles. The highest BCUT2D eigenvalue weighted by Crippen LogP contribution is 2.33. The first kappa shape index (κ1) is 19.6. The molecule has 0 radical (unpaired) electrons. The summed E-state index contributed by atoms with van der Waals surface area (Å²) in [6, 6.07) is 10.3. The van der Waals surface area contributed by atoms with E-state index in [1.165, 1.54) is 0 Å². The van der Waals surface area contributed by atoms with Crippen molar-refractivity contribution in [3.05, 3.63) is 36.2 Å². The molecule has 0 unspecified atom stereocenters. The lowest BCUT2D eigenvalue weighted by atomic mass is 10.0. The van der Waals surface area contributed by atoms with Crippen molar-refractivity contribution in [3.8, 4) is 0 Å². The normalized spacial score (nSPS) is 13.0. The van der Waals surface area contributed by atoms with Gasteiger partial charge in [-0.2, -0.15) is 0 Å². The molecule has 5 heteroatoms. The third kappa shape index (κ3) is 4.25. The Morgan fingerprint density at radius 3 is 2.48 bits per heavy atom. The second kappa shape index (κ2) is 7.13. The van der Waals surface area contributed by atoms with E-state index in [0.29, 0.717) is 25.4 Å². The van der Waals surface area contributed by atoms with E-state index in [0.717, 1.165) is 27.6 Å². The molecule has 0 spiro atoms. The van der Waals surface area contributed by atoms with Gasteiger partial charge in [0.15, 0.2) is 0 Å². The molecule has 27 heavy (non-hydrogen) atoms. The first-order valence-electron chi connectivity index (χ1n) is 9.55. The van der Waals surface area contributed by atoms with E-state index in [-0.39, 0.29) is 11.2 Å². The molecule has 1 heterocycles. The van der Waals surface area contributed by atoms with Gasteiger partial charge in [0.25, 0.3) is 0 Å². The summed E-state index contributed by atoms with van der Waals surface area (Å²) in [5.41, 5.74) is 8.30. The van der Waals surface area contributed by atoms with Crippen LogP contribution in [0.15, 0.2) is 30.3 Å². The minimum Gasteiger partial charge on any atom is -0.397 e. The molecular formula is C22H31N3O2. The lowest BCUT2D eigenvalue weighted by Crippen LogP contribution is -2.38. The molecule has 0 amide bonds. The van der Waals surface area contributed by atoms with Crippen LogP contribution in [0.3, 0.4) is 0 Å². The Hall–Kier alpha value is -2.11. The maximum absolute atomic E-state index is 6.35. The van der Waals surface area contributed by atoms with Crippen LogP contribution in [0, 0.1) is 0 Å². The van der Waals surface area contributed by atoms with Gasteiger partial charge in [-0.05, 0) is 53.0 Å². The van der Waals surface area contributed by atoms with E-state index in [4.69, 9.17) is 20.2 Å². The molecule has 0 fully saturated rings. The van der Waals surface area contributed by atoms with Gasteiger partial charge in [-0.25, -0.2) is 4.98 Å². The van der Waals surface area contributed by atoms with Crippen LogP contribution >= 0.6 is 0 Å².